The number of rotatable bonds is 3. The summed E-state index contributed by atoms with van der Waals surface area (Å²) in [7, 11) is 1.26. The highest BCUT2D eigenvalue weighted by Crippen LogP contribution is 2.29. The first kappa shape index (κ1) is 16.4. The van der Waals surface area contributed by atoms with E-state index in [1.165, 1.54) is 17.9 Å². The first-order chi connectivity index (χ1) is 13.1. The number of nitrogens with zero attached hydrogens (tertiary/aromatic N) is 3. The topological polar surface area (TPSA) is 107 Å². The van der Waals surface area contributed by atoms with Crippen LogP contribution in [0.3, 0.4) is 0 Å². The van der Waals surface area contributed by atoms with Crippen LogP contribution >= 0.6 is 0 Å². The van der Waals surface area contributed by atoms with E-state index in [0.29, 0.717) is 22.7 Å². The van der Waals surface area contributed by atoms with Gasteiger partial charge in [0.1, 0.15) is 11.6 Å². The molecule has 4 aromatic rings. The van der Waals surface area contributed by atoms with E-state index in [4.69, 9.17) is 14.9 Å². The highest BCUT2D eigenvalue weighted by atomic mass is 16.5. The Balaban J connectivity index is 1.86. The second kappa shape index (κ2) is 6.35. The lowest BCUT2D eigenvalue weighted by Gasteiger charge is -2.08. The summed E-state index contributed by atoms with van der Waals surface area (Å²) in [6, 6.07) is 16.8. The number of hydrogen-bond acceptors (Lipinski definition) is 6. The van der Waals surface area contributed by atoms with Gasteiger partial charge in [-0.15, -0.1) is 0 Å². The molecule has 0 aliphatic heterocycles. The Kier molecular flexibility index (Phi) is 3.86. The van der Waals surface area contributed by atoms with Crippen LogP contribution in [0.15, 0.2) is 59.1 Å². The van der Waals surface area contributed by atoms with Crippen molar-refractivity contribution in [1.29, 1.82) is 5.26 Å². The number of methoxy groups -OCH3 is 1. The summed E-state index contributed by atoms with van der Waals surface area (Å²) in [5.41, 5.74) is 9.02. The molecular formula is C20H14N4O3. The molecule has 132 valence electrons. The number of anilines is 1. The van der Waals surface area contributed by atoms with Gasteiger partial charge >= 0.3 is 5.97 Å². The van der Waals surface area contributed by atoms with Crippen molar-refractivity contribution in [2.24, 2.45) is 0 Å². The Morgan fingerprint density at radius 3 is 2.74 bits per heavy atom. The number of nitrogen functional groups attached to an aromatic ring is 1. The van der Waals surface area contributed by atoms with Gasteiger partial charge in [0, 0.05) is 17.4 Å². The van der Waals surface area contributed by atoms with Crippen LogP contribution in [0.1, 0.15) is 16.1 Å². The maximum atomic E-state index is 12.1. The molecule has 0 spiro atoms. The van der Waals surface area contributed by atoms with Crippen LogP contribution in [0.5, 0.6) is 0 Å². The molecule has 0 saturated heterocycles. The molecule has 0 saturated carbocycles. The molecule has 0 aliphatic carbocycles. The van der Waals surface area contributed by atoms with Crippen molar-refractivity contribution in [2.45, 2.75) is 0 Å². The van der Waals surface area contributed by atoms with Gasteiger partial charge < -0.3 is 19.5 Å². The van der Waals surface area contributed by atoms with E-state index in [1.54, 1.807) is 18.2 Å². The third-order valence-electron chi connectivity index (χ3n) is 4.21. The SMILES string of the molecule is COC(=O)c1c(N)c(C#N)cn1-c1ccc2oc(-c3ccccc3)nc2c1. The standard InChI is InChI=1S/C20H14N4O3/c1-26-20(25)18-17(22)13(10-21)11-24(18)14-7-8-16-15(9-14)23-19(27-16)12-5-3-2-4-6-12/h2-9,11H,22H2,1H3. The number of oxazole rings is 1. The van der Waals surface area contributed by atoms with Gasteiger partial charge in [0.05, 0.1) is 18.4 Å². The zero-order valence-electron chi connectivity index (χ0n) is 14.3. The van der Waals surface area contributed by atoms with Gasteiger partial charge in [0.25, 0.3) is 0 Å². The quantitative estimate of drug-likeness (QED) is 0.561. The first-order valence-electron chi connectivity index (χ1n) is 8.08. The van der Waals surface area contributed by atoms with E-state index in [1.807, 2.05) is 36.4 Å². The van der Waals surface area contributed by atoms with Gasteiger partial charge in [-0.25, -0.2) is 9.78 Å². The van der Waals surface area contributed by atoms with Crippen LogP contribution in [0.2, 0.25) is 0 Å². The predicted molar refractivity (Wildman–Crippen MR) is 99.2 cm³/mol. The lowest BCUT2D eigenvalue weighted by atomic mass is 10.2. The smallest absolute Gasteiger partial charge is 0.357 e. The molecule has 2 aromatic heterocycles. The second-order valence-electron chi connectivity index (χ2n) is 5.82. The molecule has 0 atom stereocenters. The van der Waals surface area contributed by atoms with Gasteiger partial charge in [0.2, 0.25) is 5.89 Å². The van der Waals surface area contributed by atoms with Crippen LogP contribution in [-0.4, -0.2) is 22.6 Å². The summed E-state index contributed by atoms with van der Waals surface area (Å²) in [6.07, 6.45) is 1.50. The van der Waals surface area contributed by atoms with Gasteiger partial charge in [-0.05, 0) is 30.3 Å². The molecule has 7 heteroatoms. The van der Waals surface area contributed by atoms with Crippen molar-refractivity contribution in [3.63, 3.8) is 0 Å². The number of carbonyl (C=O) groups excluding carboxylic acids is 1. The second-order valence-corrected chi connectivity index (χ2v) is 5.82. The number of benzene rings is 2. The Morgan fingerprint density at radius 2 is 2.04 bits per heavy atom. The van der Waals surface area contributed by atoms with Gasteiger partial charge in [0.15, 0.2) is 11.3 Å². The molecule has 7 nitrogen and oxygen atoms in total. The Hall–Kier alpha value is -4.05. The normalized spacial score (nSPS) is 10.7. The summed E-state index contributed by atoms with van der Waals surface area (Å²) < 4.78 is 12.1. The number of ether oxygens (including phenoxy) is 1. The zero-order valence-corrected chi connectivity index (χ0v) is 14.3. The van der Waals surface area contributed by atoms with Crippen molar-refractivity contribution in [3.05, 3.63) is 66.0 Å². The molecular weight excluding hydrogens is 344 g/mol. The van der Waals surface area contributed by atoms with E-state index in [0.717, 1.165) is 5.56 Å². The third kappa shape index (κ3) is 2.69. The summed E-state index contributed by atoms with van der Waals surface area (Å²) in [5, 5.41) is 9.24. The van der Waals surface area contributed by atoms with E-state index in [2.05, 4.69) is 4.98 Å². The number of nitrogens with two attached hydrogens (primary N) is 1. The van der Waals surface area contributed by atoms with E-state index < -0.39 is 5.97 Å². The Morgan fingerprint density at radius 1 is 1.26 bits per heavy atom. The highest BCUT2D eigenvalue weighted by molar-refractivity contribution is 5.96. The summed E-state index contributed by atoms with van der Waals surface area (Å²) in [4.78, 5) is 16.7. The van der Waals surface area contributed by atoms with Crippen LogP contribution in [0, 0.1) is 11.3 Å². The number of aromatic nitrogens is 2. The number of esters is 1. The minimum atomic E-state index is -0.626. The maximum Gasteiger partial charge on any atom is 0.357 e. The largest absolute Gasteiger partial charge is 0.464 e. The Labute approximate surface area is 154 Å². The number of fused-ring (bicyclic) bond motifs is 1. The van der Waals surface area contributed by atoms with Crippen LogP contribution in [-0.2, 0) is 4.74 Å². The fourth-order valence-electron chi connectivity index (χ4n) is 2.89. The lowest BCUT2D eigenvalue weighted by molar-refractivity contribution is 0.0593. The fraction of sp³-hybridized carbons (Fsp3) is 0.0500. The molecule has 0 fully saturated rings. The van der Waals surface area contributed by atoms with Crippen LogP contribution < -0.4 is 5.73 Å². The van der Waals surface area contributed by atoms with Crippen molar-refractivity contribution >= 4 is 22.8 Å². The minimum absolute atomic E-state index is 0.0783. The molecule has 2 N–H and O–H groups in total. The molecule has 2 heterocycles. The number of hydrogen-bond donors (Lipinski definition) is 1. The van der Waals surface area contributed by atoms with Crippen molar-refractivity contribution in [1.82, 2.24) is 9.55 Å². The van der Waals surface area contributed by atoms with Crippen molar-refractivity contribution in [2.75, 3.05) is 12.8 Å². The number of carbonyl (C=O) groups is 1. The molecule has 4 rings (SSSR count). The molecule has 2 aromatic carbocycles. The van der Waals surface area contributed by atoms with Gasteiger partial charge in [-0.1, -0.05) is 18.2 Å². The van der Waals surface area contributed by atoms with Gasteiger partial charge in [-0.2, -0.15) is 5.26 Å². The monoisotopic (exact) mass is 358 g/mol. The molecule has 0 amide bonds. The molecule has 0 radical (unpaired) electrons. The average molecular weight is 358 g/mol. The van der Waals surface area contributed by atoms with Gasteiger partial charge in [-0.3, -0.25) is 0 Å². The maximum absolute atomic E-state index is 12.1. The fourth-order valence-corrected chi connectivity index (χ4v) is 2.89. The van der Waals surface area contributed by atoms with Crippen LogP contribution in [0.4, 0.5) is 5.69 Å². The first-order valence-corrected chi connectivity index (χ1v) is 8.08. The van der Waals surface area contributed by atoms with Crippen molar-refractivity contribution in [3.8, 4) is 23.2 Å². The van der Waals surface area contributed by atoms with Crippen molar-refractivity contribution < 1.29 is 13.9 Å². The number of nitriles is 1. The molecule has 0 bridgehead atoms. The summed E-state index contributed by atoms with van der Waals surface area (Å²) in [5.74, 6) is -0.125. The lowest BCUT2D eigenvalue weighted by Crippen LogP contribution is -2.11. The minimum Gasteiger partial charge on any atom is -0.464 e. The van der Waals surface area contributed by atoms with E-state index >= 15 is 0 Å². The molecule has 0 unspecified atom stereocenters. The third-order valence-corrected chi connectivity index (χ3v) is 4.21. The predicted octanol–water partition coefficient (Wildman–Crippen LogP) is 3.53. The molecule has 0 aliphatic rings. The summed E-state index contributed by atoms with van der Waals surface area (Å²) in [6.45, 7) is 0. The van der Waals surface area contributed by atoms with Crippen LogP contribution in [0.25, 0.3) is 28.2 Å². The highest BCUT2D eigenvalue weighted by Gasteiger charge is 2.22. The van der Waals surface area contributed by atoms with E-state index in [9.17, 15) is 10.1 Å². The summed E-state index contributed by atoms with van der Waals surface area (Å²) >= 11 is 0. The van der Waals surface area contributed by atoms with E-state index in [-0.39, 0.29) is 16.9 Å². The Bertz CT molecular complexity index is 1200. The molecule has 27 heavy (non-hydrogen) atoms. The average Bonchev–Trinajstić information content (AvgIpc) is 3.28. The zero-order chi connectivity index (χ0) is 19.0.